The summed E-state index contributed by atoms with van der Waals surface area (Å²) in [6, 6.07) is 2.05. The van der Waals surface area contributed by atoms with Crippen molar-refractivity contribution in [3.05, 3.63) is 15.8 Å². The van der Waals surface area contributed by atoms with Crippen LogP contribution < -0.4 is 5.32 Å². The molecule has 1 aromatic heterocycles. The van der Waals surface area contributed by atoms with Gasteiger partial charge in [0.15, 0.2) is 0 Å². The predicted molar refractivity (Wildman–Crippen MR) is 63.3 cm³/mol. The molecule has 1 aromatic rings. The zero-order chi connectivity index (χ0) is 9.10. The van der Waals surface area contributed by atoms with Gasteiger partial charge in [-0.15, -0.1) is 11.3 Å². The van der Waals surface area contributed by atoms with Crippen molar-refractivity contribution >= 4 is 40.4 Å². The molecule has 0 bridgehead atoms. The maximum atomic E-state index is 5.98. The number of anilines is 1. The first-order valence-electron chi connectivity index (χ1n) is 4.41. The van der Waals surface area contributed by atoms with Gasteiger partial charge in [0.1, 0.15) is 4.34 Å². The average molecular weight is 234 g/mol. The first-order chi connectivity index (χ1) is 6.36. The lowest BCUT2D eigenvalue weighted by molar-refractivity contribution is 0.632. The fraction of sp³-hybridized carbons (Fsp3) is 0.556. The van der Waals surface area contributed by atoms with E-state index in [1.807, 2.05) is 5.38 Å². The highest BCUT2D eigenvalue weighted by Crippen LogP contribution is 2.29. The SMILES string of the molecule is Clc1sccc1NCC1CCSC1. The summed E-state index contributed by atoms with van der Waals surface area (Å²) in [6.45, 7) is 1.07. The molecule has 0 radical (unpaired) electrons. The molecule has 1 fully saturated rings. The van der Waals surface area contributed by atoms with Gasteiger partial charge in [0.2, 0.25) is 0 Å². The number of thioether (sulfide) groups is 1. The minimum atomic E-state index is 0.834. The quantitative estimate of drug-likeness (QED) is 0.857. The van der Waals surface area contributed by atoms with Crippen LogP contribution in [-0.2, 0) is 0 Å². The smallest absolute Gasteiger partial charge is 0.116 e. The summed E-state index contributed by atoms with van der Waals surface area (Å²) in [5.74, 6) is 3.46. The molecule has 4 heteroatoms. The Morgan fingerprint density at radius 1 is 1.62 bits per heavy atom. The van der Waals surface area contributed by atoms with Crippen LogP contribution in [-0.4, -0.2) is 18.1 Å². The van der Waals surface area contributed by atoms with Crippen LogP contribution >= 0.6 is 34.7 Å². The van der Waals surface area contributed by atoms with Gasteiger partial charge < -0.3 is 5.32 Å². The lowest BCUT2D eigenvalue weighted by Crippen LogP contribution is -2.12. The van der Waals surface area contributed by atoms with Gasteiger partial charge in [0.25, 0.3) is 0 Å². The van der Waals surface area contributed by atoms with Crippen molar-refractivity contribution < 1.29 is 0 Å². The molecule has 1 nitrogen and oxygen atoms in total. The van der Waals surface area contributed by atoms with Crippen LogP contribution in [0.15, 0.2) is 11.4 Å². The molecule has 1 unspecified atom stereocenters. The van der Waals surface area contributed by atoms with Gasteiger partial charge in [0, 0.05) is 6.54 Å². The fourth-order valence-electron chi connectivity index (χ4n) is 1.42. The molecule has 72 valence electrons. The normalized spacial score (nSPS) is 22.1. The van der Waals surface area contributed by atoms with E-state index < -0.39 is 0 Å². The van der Waals surface area contributed by atoms with E-state index >= 15 is 0 Å². The van der Waals surface area contributed by atoms with Gasteiger partial charge in [-0.1, -0.05) is 11.6 Å². The van der Waals surface area contributed by atoms with E-state index in [1.54, 1.807) is 11.3 Å². The van der Waals surface area contributed by atoms with Crippen LogP contribution in [0.2, 0.25) is 4.34 Å². The van der Waals surface area contributed by atoms with Crippen molar-refractivity contribution in [1.82, 2.24) is 0 Å². The Hall–Kier alpha value is 0.140. The van der Waals surface area contributed by atoms with Crippen molar-refractivity contribution in [2.75, 3.05) is 23.4 Å². The summed E-state index contributed by atoms with van der Waals surface area (Å²) in [5, 5.41) is 5.42. The summed E-state index contributed by atoms with van der Waals surface area (Å²) < 4.78 is 0.880. The van der Waals surface area contributed by atoms with E-state index in [9.17, 15) is 0 Å². The number of thiophene rings is 1. The molecule has 1 atom stereocenters. The summed E-state index contributed by atoms with van der Waals surface area (Å²) in [5.41, 5.74) is 1.10. The molecule has 1 N–H and O–H groups in total. The lowest BCUT2D eigenvalue weighted by atomic mass is 10.1. The van der Waals surface area contributed by atoms with Crippen LogP contribution in [0.25, 0.3) is 0 Å². The number of hydrogen-bond donors (Lipinski definition) is 1. The maximum absolute atomic E-state index is 5.98. The molecule has 0 spiro atoms. The summed E-state index contributed by atoms with van der Waals surface area (Å²) >= 11 is 9.61. The highest BCUT2D eigenvalue weighted by Gasteiger charge is 2.15. The lowest BCUT2D eigenvalue weighted by Gasteiger charge is -2.09. The summed E-state index contributed by atoms with van der Waals surface area (Å²) in [4.78, 5) is 0. The molecule has 2 rings (SSSR count). The van der Waals surface area contributed by atoms with Crippen molar-refractivity contribution in [3.8, 4) is 0 Å². The first kappa shape index (κ1) is 9.69. The van der Waals surface area contributed by atoms with E-state index in [1.165, 1.54) is 17.9 Å². The Labute approximate surface area is 91.9 Å². The Balaban J connectivity index is 1.82. The minimum absolute atomic E-state index is 0.834. The molecule has 1 aliphatic rings. The molecule has 13 heavy (non-hydrogen) atoms. The maximum Gasteiger partial charge on any atom is 0.116 e. The predicted octanol–water partition coefficient (Wildman–Crippen LogP) is 3.57. The number of halogens is 1. The number of nitrogens with one attached hydrogen (secondary N) is 1. The number of hydrogen-bond acceptors (Lipinski definition) is 3. The fourth-order valence-corrected chi connectivity index (χ4v) is 3.58. The molecule has 0 saturated carbocycles. The second-order valence-electron chi connectivity index (χ2n) is 3.22. The largest absolute Gasteiger partial charge is 0.383 e. The van der Waals surface area contributed by atoms with Crippen molar-refractivity contribution in [3.63, 3.8) is 0 Å². The van der Waals surface area contributed by atoms with Crippen LogP contribution in [0.5, 0.6) is 0 Å². The first-order valence-corrected chi connectivity index (χ1v) is 6.82. The zero-order valence-corrected chi connectivity index (χ0v) is 9.64. The van der Waals surface area contributed by atoms with Gasteiger partial charge in [-0.2, -0.15) is 11.8 Å². The van der Waals surface area contributed by atoms with Crippen molar-refractivity contribution in [2.45, 2.75) is 6.42 Å². The van der Waals surface area contributed by atoms with Crippen molar-refractivity contribution in [2.24, 2.45) is 5.92 Å². The third-order valence-corrected chi connectivity index (χ3v) is 4.62. The van der Waals surface area contributed by atoms with Gasteiger partial charge in [-0.25, -0.2) is 0 Å². The Morgan fingerprint density at radius 3 is 3.15 bits per heavy atom. The molecule has 1 aliphatic heterocycles. The van der Waals surface area contributed by atoms with Crippen LogP contribution in [0.4, 0.5) is 5.69 Å². The zero-order valence-electron chi connectivity index (χ0n) is 7.25. The van der Waals surface area contributed by atoms with Gasteiger partial charge in [-0.05, 0) is 35.3 Å². The molecule has 0 amide bonds. The highest BCUT2D eigenvalue weighted by molar-refractivity contribution is 7.99. The second-order valence-corrected chi connectivity index (χ2v) is 5.89. The Kier molecular flexibility index (Phi) is 3.41. The highest BCUT2D eigenvalue weighted by atomic mass is 35.5. The number of rotatable bonds is 3. The molecular weight excluding hydrogens is 222 g/mol. The molecular formula is C9H12ClNS2. The third-order valence-electron chi connectivity index (χ3n) is 2.22. The molecule has 0 aliphatic carbocycles. The molecule has 0 aromatic carbocycles. The van der Waals surface area contributed by atoms with Gasteiger partial charge in [-0.3, -0.25) is 0 Å². The van der Waals surface area contributed by atoms with Gasteiger partial charge in [0.05, 0.1) is 5.69 Å². The standard InChI is InChI=1S/C9H12ClNS2/c10-9-8(2-4-13-9)11-5-7-1-3-12-6-7/h2,4,7,11H,1,3,5-6H2. The second kappa shape index (κ2) is 4.58. The van der Waals surface area contributed by atoms with Gasteiger partial charge >= 0.3 is 0 Å². The topological polar surface area (TPSA) is 12.0 Å². The Bertz CT molecular complexity index is 268. The monoisotopic (exact) mass is 233 g/mol. The van der Waals surface area contributed by atoms with Crippen molar-refractivity contribution in [1.29, 1.82) is 0 Å². The summed E-state index contributed by atoms with van der Waals surface area (Å²) in [6.07, 6.45) is 1.35. The Morgan fingerprint density at radius 2 is 2.54 bits per heavy atom. The van der Waals surface area contributed by atoms with E-state index in [2.05, 4.69) is 23.1 Å². The van der Waals surface area contributed by atoms with Crippen LogP contribution in [0.3, 0.4) is 0 Å². The van der Waals surface area contributed by atoms with E-state index in [0.29, 0.717) is 0 Å². The van der Waals surface area contributed by atoms with E-state index in [0.717, 1.165) is 22.5 Å². The van der Waals surface area contributed by atoms with Crippen LogP contribution in [0, 0.1) is 5.92 Å². The van der Waals surface area contributed by atoms with E-state index in [4.69, 9.17) is 11.6 Å². The molecule has 1 saturated heterocycles. The molecule has 2 heterocycles. The minimum Gasteiger partial charge on any atom is -0.383 e. The third kappa shape index (κ3) is 2.55. The average Bonchev–Trinajstić information content (AvgIpc) is 2.72. The summed E-state index contributed by atoms with van der Waals surface area (Å²) in [7, 11) is 0. The van der Waals surface area contributed by atoms with Crippen LogP contribution in [0.1, 0.15) is 6.42 Å². The van der Waals surface area contributed by atoms with E-state index in [-0.39, 0.29) is 0 Å².